The van der Waals surface area contributed by atoms with E-state index in [0.717, 1.165) is 12.8 Å². The Bertz CT molecular complexity index is 271. The molecule has 1 aromatic carbocycles. The number of hydrogen-bond acceptors (Lipinski definition) is 0. The van der Waals surface area contributed by atoms with Gasteiger partial charge < -0.3 is 0 Å². The van der Waals surface area contributed by atoms with Gasteiger partial charge in [-0.3, -0.25) is 0 Å². The first kappa shape index (κ1) is 9.05. The Morgan fingerprint density at radius 3 is 2.67 bits per heavy atom. The predicted molar refractivity (Wildman–Crippen MR) is 54.5 cm³/mol. The monoisotopic (exact) mass is 160 g/mol. The Morgan fingerprint density at radius 1 is 1.42 bits per heavy atom. The van der Waals surface area contributed by atoms with Crippen molar-refractivity contribution in [3.63, 3.8) is 0 Å². The quantitative estimate of drug-likeness (QED) is 0.595. The summed E-state index contributed by atoms with van der Waals surface area (Å²) in [5.74, 6) is 0. The highest BCUT2D eigenvalue weighted by atomic mass is 14.0. The van der Waals surface area contributed by atoms with E-state index in [9.17, 15) is 0 Å². The van der Waals surface area contributed by atoms with Gasteiger partial charge in [0, 0.05) is 0 Å². The largest absolute Gasteiger partial charge is 0.103 e. The molecule has 0 unspecified atom stereocenters. The van der Waals surface area contributed by atoms with E-state index in [0.29, 0.717) is 0 Å². The lowest BCUT2D eigenvalue weighted by Crippen LogP contribution is -1.89. The lowest BCUT2D eigenvalue weighted by Gasteiger charge is -2.04. The van der Waals surface area contributed by atoms with Crippen LogP contribution in [0.15, 0.2) is 30.9 Å². The minimum Gasteiger partial charge on any atom is -0.103 e. The molecular weight excluding hydrogens is 144 g/mol. The van der Waals surface area contributed by atoms with Crippen LogP contribution in [-0.2, 0) is 12.8 Å². The van der Waals surface area contributed by atoms with Crippen LogP contribution in [0.1, 0.15) is 23.6 Å². The van der Waals surface area contributed by atoms with Crippen molar-refractivity contribution in [2.24, 2.45) is 0 Å². The van der Waals surface area contributed by atoms with Gasteiger partial charge in [0.25, 0.3) is 0 Å². The van der Waals surface area contributed by atoms with E-state index in [1.807, 2.05) is 6.08 Å². The second-order valence-corrected chi connectivity index (χ2v) is 3.11. The Balaban J connectivity index is 2.94. The molecule has 0 amide bonds. The van der Waals surface area contributed by atoms with E-state index < -0.39 is 0 Å². The van der Waals surface area contributed by atoms with Crippen molar-refractivity contribution in [1.82, 2.24) is 0 Å². The summed E-state index contributed by atoms with van der Waals surface area (Å²) in [6.07, 6.45) is 4.05. The molecule has 0 heteroatoms. The van der Waals surface area contributed by atoms with Crippen LogP contribution in [0.2, 0.25) is 0 Å². The molecule has 0 atom stereocenters. The molecule has 1 rings (SSSR count). The predicted octanol–water partition coefficient (Wildman–Crippen LogP) is 3.29. The normalized spacial score (nSPS) is 9.83. The summed E-state index contributed by atoms with van der Waals surface area (Å²) in [6.45, 7) is 8.09. The lowest BCUT2D eigenvalue weighted by molar-refractivity contribution is 1.11. The van der Waals surface area contributed by atoms with Gasteiger partial charge in [-0.05, 0) is 36.5 Å². The van der Waals surface area contributed by atoms with E-state index in [4.69, 9.17) is 0 Å². The maximum atomic E-state index is 3.74. The molecule has 0 aliphatic rings. The molecule has 0 nitrogen and oxygen atoms in total. The van der Waals surface area contributed by atoms with Crippen LogP contribution >= 0.6 is 0 Å². The van der Waals surface area contributed by atoms with Crippen molar-refractivity contribution in [1.29, 1.82) is 0 Å². The van der Waals surface area contributed by atoms with Gasteiger partial charge in [0.2, 0.25) is 0 Å². The van der Waals surface area contributed by atoms with Crippen LogP contribution in [0, 0.1) is 6.92 Å². The fourth-order valence-electron chi connectivity index (χ4n) is 1.36. The van der Waals surface area contributed by atoms with Gasteiger partial charge in [-0.1, -0.05) is 31.2 Å². The van der Waals surface area contributed by atoms with E-state index in [2.05, 4.69) is 38.6 Å². The molecule has 0 aromatic heterocycles. The van der Waals surface area contributed by atoms with Gasteiger partial charge in [0.1, 0.15) is 0 Å². The molecule has 0 fully saturated rings. The van der Waals surface area contributed by atoms with Crippen LogP contribution in [-0.4, -0.2) is 0 Å². The first-order valence-electron chi connectivity index (χ1n) is 4.47. The minimum absolute atomic E-state index is 0.982. The average molecular weight is 160 g/mol. The van der Waals surface area contributed by atoms with Crippen molar-refractivity contribution < 1.29 is 0 Å². The fourth-order valence-corrected chi connectivity index (χ4v) is 1.36. The molecule has 0 heterocycles. The zero-order valence-electron chi connectivity index (χ0n) is 7.93. The molecule has 12 heavy (non-hydrogen) atoms. The smallest absolute Gasteiger partial charge is 0.00975 e. The Hall–Kier alpha value is -1.04. The van der Waals surface area contributed by atoms with Crippen LogP contribution in [0.5, 0.6) is 0 Å². The highest BCUT2D eigenvalue weighted by Gasteiger charge is 1.96. The maximum absolute atomic E-state index is 3.74. The van der Waals surface area contributed by atoms with Crippen LogP contribution in [0.4, 0.5) is 0 Å². The van der Waals surface area contributed by atoms with Gasteiger partial charge >= 0.3 is 0 Å². The van der Waals surface area contributed by atoms with Gasteiger partial charge in [-0.15, -0.1) is 6.58 Å². The summed E-state index contributed by atoms with van der Waals surface area (Å²) in [4.78, 5) is 0. The van der Waals surface area contributed by atoms with Crippen LogP contribution in [0.25, 0.3) is 0 Å². The molecule has 0 aliphatic carbocycles. The maximum Gasteiger partial charge on any atom is -0.00975 e. The Morgan fingerprint density at radius 2 is 2.17 bits per heavy atom. The summed E-state index contributed by atoms with van der Waals surface area (Å²) in [5.41, 5.74) is 4.19. The van der Waals surface area contributed by atoms with Gasteiger partial charge in [0.05, 0.1) is 0 Å². The second kappa shape index (κ2) is 4.10. The molecule has 0 aliphatic heterocycles. The van der Waals surface area contributed by atoms with E-state index in [1.165, 1.54) is 16.7 Å². The Kier molecular flexibility index (Phi) is 3.09. The van der Waals surface area contributed by atoms with Crippen molar-refractivity contribution in [2.75, 3.05) is 0 Å². The van der Waals surface area contributed by atoms with Crippen molar-refractivity contribution in [3.8, 4) is 0 Å². The summed E-state index contributed by atoms with van der Waals surface area (Å²) in [5, 5.41) is 0. The minimum atomic E-state index is 0.982. The topological polar surface area (TPSA) is 0 Å². The third-order valence-corrected chi connectivity index (χ3v) is 2.18. The lowest BCUT2D eigenvalue weighted by atomic mass is 10.0. The summed E-state index contributed by atoms with van der Waals surface area (Å²) < 4.78 is 0. The van der Waals surface area contributed by atoms with Gasteiger partial charge in [-0.2, -0.15) is 0 Å². The van der Waals surface area contributed by atoms with Crippen molar-refractivity contribution in [3.05, 3.63) is 47.5 Å². The molecule has 64 valence electrons. The van der Waals surface area contributed by atoms with Gasteiger partial charge in [0.15, 0.2) is 0 Å². The SMILES string of the molecule is C=CCc1ccc(CC)cc1C. The Labute approximate surface area is 74.9 Å². The number of allylic oxidation sites excluding steroid dienone is 1. The molecule has 0 saturated heterocycles. The highest BCUT2D eigenvalue weighted by molar-refractivity contribution is 5.32. The highest BCUT2D eigenvalue weighted by Crippen LogP contribution is 2.12. The second-order valence-electron chi connectivity index (χ2n) is 3.11. The summed E-state index contributed by atoms with van der Waals surface area (Å²) >= 11 is 0. The van der Waals surface area contributed by atoms with Gasteiger partial charge in [-0.25, -0.2) is 0 Å². The third-order valence-electron chi connectivity index (χ3n) is 2.18. The average Bonchev–Trinajstić information content (AvgIpc) is 2.09. The standard InChI is InChI=1S/C12H16/c1-4-6-12-8-7-11(5-2)9-10(12)3/h4,7-9H,1,5-6H2,2-3H3. The fraction of sp³-hybridized carbons (Fsp3) is 0.333. The summed E-state index contributed by atoms with van der Waals surface area (Å²) in [6, 6.07) is 6.67. The number of rotatable bonds is 3. The first-order chi connectivity index (χ1) is 5.77. The zero-order valence-corrected chi connectivity index (χ0v) is 7.93. The van der Waals surface area contributed by atoms with E-state index in [1.54, 1.807) is 0 Å². The molecule has 0 radical (unpaired) electrons. The molecule has 0 bridgehead atoms. The van der Waals surface area contributed by atoms with Crippen molar-refractivity contribution >= 4 is 0 Å². The van der Waals surface area contributed by atoms with E-state index >= 15 is 0 Å². The van der Waals surface area contributed by atoms with Crippen LogP contribution in [0.3, 0.4) is 0 Å². The van der Waals surface area contributed by atoms with Crippen LogP contribution < -0.4 is 0 Å². The molecule has 0 saturated carbocycles. The number of benzene rings is 1. The van der Waals surface area contributed by atoms with Crippen molar-refractivity contribution in [2.45, 2.75) is 26.7 Å². The first-order valence-corrected chi connectivity index (χ1v) is 4.47. The summed E-state index contributed by atoms with van der Waals surface area (Å²) in [7, 11) is 0. The van der Waals surface area contributed by atoms with E-state index in [-0.39, 0.29) is 0 Å². The number of aryl methyl sites for hydroxylation is 2. The zero-order chi connectivity index (χ0) is 8.97. The third kappa shape index (κ3) is 1.97. The molecular formula is C12H16. The molecule has 0 N–H and O–H groups in total. The molecule has 0 spiro atoms. The number of hydrogen-bond donors (Lipinski definition) is 0. The molecule has 1 aromatic rings.